The Kier molecular flexibility index (Phi) is 7.10. The summed E-state index contributed by atoms with van der Waals surface area (Å²) in [6.07, 6.45) is 3.15. The monoisotopic (exact) mass is 445 g/mol. The Bertz CT molecular complexity index is 986. The van der Waals surface area contributed by atoms with Gasteiger partial charge in [-0.1, -0.05) is 12.1 Å². The molecule has 1 fully saturated rings. The van der Waals surface area contributed by atoms with Gasteiger partial charge in [0.25, 0.3) is 5.91 Å². The normalized spacial score (nSPS) is 16.5. The summed E-state index contributed by atoms with van der Waals surface area (Å²) in [5.74, 6) is -1.33. The Labute approximate surface area is 184 Å². The van der Waals surface area contributed by atoms with E-state index in [0.29, 0.717) is 18.7 Å². The molecule has 1 unspecified atom stereocenters. The minimum absolute atomic E-state index is 0.0545. The molecule has 2 N–H and O–H groups in total. The van der Waals surface area contributed by atoms with Gasteiger partial charge in [-0.15, -0.1) is 0 Å². The van der Waals surface area contributed by atoms with Gasteiger partial charge in [-0.25, -0.2) is 4.39 Å². The van der Waals surface area contributed by atoms with E-state index >= 15 is 0 Å². The molecule has 1 aliphatic rings. The molecule has 0 saturated carbocycles. The van der Waals surface area contributed by atoms with Crippen LogP contribution in [0.4, 0.5) is 10.1 Å². The number of likely N-dealkylation sites (tertiary alicyclic amines) is 1. The van der Waals surface area contributed by atoms with Gasteiger partial charge in [0.1, 0.15) is 5.82 Å². The molecular weight excluding hydrogens is 417 g/mol. The smallest absolute Gasteiger partial charge is 0.254 e. The molecule has 3 rings (SSSR count). The van der Waals surface area contributed by atoms with E-state index < -0.39 is 22.5 Å². The fourth-order valence-corrected chi connectivity index (χ4v) is 4.16. The van der Waals surface area contributed by atoms with Crippen LogP contribution >= 0.6 is 0 Å². The number of nitrogens with one attached hydrogen (secondary N) is 2. The van der Waals surface area contributed by atoms with Crippen LogP contribution in [0.1, 0.15) is 35.7 Å². The molecule has 1 atom stereocenters. The first-order valence-corrected chi connectivity index (χ1v) is 11.8. The lowest BCUT2D eigenvalue weighted by atomic mass is 9.89. The second-order valence-corrected chi connectivity index (χ2v) is 9.54. The Morgan fingerprint density at radius 2 is 1.77 bits per heavy atom. The molecule has 2 aromatic carbocycles. The van der Waals surface area contributed by atoms with Gasteiger partial charge in [0.2, 0.25) is 5.91 Å². The molecule has 166 valence electrons. The number of carbonyl (C=O) groups is 2. The fraction of sp³-hybridized carbons (Fsp3) is 0.391. The van der Waals surface area contributed by atoms with Crippen molar-refractivity contribution in [2.45, 2.75) is 37.1 Å². The van der Waals surface area contributed by atoms with Crippen molar-refractivity contribution >= 4 is 28.3 Å². The Balaban J connectivity index is 1.50. The van der Waals surface area contributed by atoms with E-state index in [1.54, 1.807) is 30.2 Å². The maximum atomic E-state index is 14.1. The number of nitrogens with zero attached hydrogens (tertiary/aromatic N) is 1. The zero-order valence-corrected chi connectivity index (χ0v) is 18.9. The molecule has 2 amide bonds. The summed E-state index contributed by atoms with van der Waals surface area (Å²) < 4.78 is 25.6. The average molecular weight is 446 g/mol. The summed E-state index contributed by atoms with van der Waals surface area (Å²) in [6, 6.07) is 12.1. The third-order valence-electron chi connectivity index (χ3n) is 5.69. The predicted octanol–water partition coefficient (Wildman–Crippen LogP) is 3.09. The number of piperidine rings is 1. The molecule has 1 aliphatic heterocycles. The van der Waals surface area contributed by atoms with Gasteiger partial charge in [-0.05, 0) is 62.6 Å². The number of anilines is 1. The largest absolute Gasteiger partial charge is 0.380 e. The molecule has 0 spiro atoms. The second-order valence-electron chi connectivity index (χ2n) is 8.16. The molecule has 0 radical (unpaired) electrons. The first kappa shape index (κ1) is 22.9. The average Bonchev–Trinajstić information content (AvgIpc) is 2.74. The molecule has 1 heterocycles. The molecule has 1 saturated heterocycles. The van der Waals surface area contributed by atoms with E-state index in [2.05, 4.69) is 17.6 Å². The summed E-state index contributed by atoms with van der Waals surface area (Å²) >= 11 is 0. The van der Waals surface area contributed by atoms with Crippen LogP contribution in [0, 0.1) is 12.7 Å². The van der Waals surface area contributed by atoms with Crippen molar-refractivity contribution in [3.05, 3.63) is 59.4 Å². The van der Waals surface area contributed by atoms with Crippen LogP contribution in [0.15, 0.2) is 47.4 Å². The highest BCUT2D eigenvalue weighted by molar-refractivity contribution is 7.84. The van der Waals surface area contributed by atoms with Crippen molar-refractivity contribution in [3.63, 3.8) is 0 Å². The van der Waals surface area contributed by atoms with Crippen LogP contribution in [-0.2, 0) is 15.6 Å². The van der Waals surface area contributed by atoms with E-state index in [-0.39, 0.29) is 23.6 Å². The maximum absolute atomic E-state index is 14.1. The maximum Gasteiger partial charge on any atom is 0.254 e. The topological polar surface area (TPSA) is 78.5 Å². The third kappa shape index (κ3) is 5.70. The molecular formula is C23H28FN3O3S. The number of carbonyl (C=O) groups excluding carboxylic acids is 2. The first-order chi connectivity index (χ1) is 14.7. The molecule has 31 heavy (non-hydrogen) atoms. The van der Waals surface area contributed by atoms with E-state index in [1.807, 2.05) is 24.3 Å². The van der Waals surface area contributed by atoms with Crippen LogP contribution in [0.3, 0.4) is 0 Å². The highest BCUT2D eigenvalue weighted by atomic mass is 32.2. The zero-order valence-electron chi connectivity index (χ0n) is 18.0. The van der Waals surface area contributed by atoms with Gasteiger partial charge >= 0.3 is 0 Å². The minimum atomic E-state index is -1.01. The van der Waals surface area contributed by atoms with Crippen molar-refractivity contribution < 1.29 is 18.2 Å². The predicted molar refractivity (Wildman–Crippen MR) is 120 cm³/mol. The first-order valence-electron chi connectivity index (χ1n) is 10.2. The number of amides is 2. The van der Waals surface area contributed by atoms with Gasteiger partial charge < -0.3 is 15.5 Å². The van der Waals surface area contributed by atoms with Crippen molar-refractivity contribution in [3.8, 4) is 0 Å². The standard InChI is InChI=1S/C23H28FN3O3S/c1-16-5-4-6-19(21(16)24)22(29)25-15-20(28)27-13-11-23(2,12-14-27)26-17-7-9-18(10-8-17)31(3)30/h4-10,26H,11-15H2,1-3H3,(H,25,29). The third-order valence-corrected chi connectivity index (χ3v) is 6.62. The minimum Gasteiger partial charge on any atom is -0.380 e. The fourth-order valence-electron chi connectivity index (χ4n) is 3.64. The van der Waals surface area contributed by atoms with Gasteiger partial charge in [-0.3, -0.25) is 13.8 Å². The van der Waals surface area contributed by atoms with Crippen molar-refractivity contribution in [2.24, 2.45) is 0 Å². The highest BCUT2D eigenvalue weighted by Gasteiger charge is 2.31. The molecule has 6 nitrogen and oxygen atoms in total. The number of halogens is 1. The Morgan fingerprint density at radius 3 is 2.39 bits per heavy atom. The number of hydrogen-bond acceptors (Lipinski definition) is 4. The van der Waals surface area contributed by atoms with Crippen molar-refractivity contribution in [1.29, 1.82) is 0 Å². The summed E-state index contributed by atoms with van der Waals surface area (Å²) in [5.41, 5.74) is 1.11. The van der Waals surface area contributed by atoms with Gasteiger partial charge in [-0.2, -0.15) is 0 Å². The second kappa shape index (κ2) is 9.60. The molecule has 8 heteroatoms. The lowest BCUT2D eigenvalue weighted by molar-refractivity contribution is -0.131. The highest BCUT2D eigenvalue weighted by Crippen LogP contribution is 2.27. The van der Waals surface area contributed by atoms with Gasteiger partial charge in [0.05, 0.1) is 12.1 Å². The van der Waals surface area contributed by atoms with Crippen LogP contribution in [0.2, 0.25) is 0 Å². The Morgan fingerprint density at radius 1 is 1.13 bits per heavy atom. The van der Waals surface area contributed by atoms with E-state index in [4.69, 9.17) is 0 Å². The number of aryl methyl sites for hydroxylation is 1. The lowest BCUT2D eigenvalue weighted by Gasteiger charge is -2.40. The molecule has 0 aliphatic carbocycles. The Hall–Kier alpha value is -2.74. The van der Waals surface area contributed by atoms with E-state index in [9.17, 15) is 18.2 Å². The summed E-state index contributed by atoms with van der Waals surface area (Å²) in [6.45, 7) is 4.67. The van der Waals surface area contributed by atoms with Crippen LogP contribution < -0.4 is 10.6 Å². The number of rotatable bonds is 6. The van der Waals surface area contributed by atoms with Crippen molar-refractivity contribution in [2.75, 3.05) is 31.2 Å². The summed E-state index contributed by atoms with van der Waals surface area (Å²) in [4.78, 5) is 27.3. The van der Waals surface area contributed by atoms with Crippen molar-refractivity contribution in [1.82, 2.24) is 10.2 Å². The summed E-state index contributed by atoms with van der Waals surface area (Å²) in [5, 5.41) is 6.05. The van der Waals surface area contributed by atoms with Crippen LogP contribution in [0.5, 0.6) is 0 Å². The molecule has 0 aromatic heterocycles. The SMILES string of the molecule is Cc1cccc(C(=O)NCC(=O)N2CCC(C)(Nc3ccc(S(C)=O)cc3)CC2)c1F. The van der Waals surface area contributed by atoms with Crippen LogP contribution in [0.25, 0.3) is 0 Å². The van der Waals surface area contributed by atoms with Gasteiger partial charge in [0.15, 0.2) is 0 Å². The quantitative estimate of drug-likeness (QED) is 0.716. The van der Waals surface area contributed by atoms with Crippen LogP contribution in [-0.4, -0.2) is 52.4 Å². The van der Waals surface area contributed by atoms with E-state index in [1.165, 1.54) is 6.07 Å². The summed E-state index contributed by atoms with van der Waals surface area (Å²) in [7, 11) is -1.01. The van der Waals surface area contributed by atoms with Gasteiger partial charge in [0, 0.05) is 46.3 Å². The molecule has 0 bridgehead atoms. The number of benzene rings is 2. The zero-order chi connectivity index (χ0) is 22.6. The van der Waals surface area contributed by atoms with E-state index in [0.717, 1.165) is 23.4 Å². The molecule has 2 aromatic rings. The lowest BCUT2D eigenvalue weighted by Crippen LogP contribution is -2.51. The number of hydrogen-bond donors (Lipinski definition) is 2.